The van der Waals surface area contributed by atoms with Gasteiger partial charge in [0, 0.05) is 12.0 Å². The van der Waals surface area contributed by atoms with Crippen LogP contribution in [-0.2, 0) is 4.79 Å². The maximum atomic E-state index is 12.0. The van der Waals surface area contributed by atoms with Crippen LogP contribution < -0.4 is 4.74 Å². The average molecular weight is 258 g/mol. The Morgan fingerprint density at radius 3 is 2.68 bits per heavy atom. The Kier molecular flexibility index (Phi) is 4.78. The highest BCUT2D eigenvalue weighted by molar-refractivity contribution is 5.99. The number of ether oxygens (including phenoxy) is 1. The monoisotopic (exact) mass is 258 g/mol. The van der Waals surface area contributed by atoms with Crippen LogP contribution in [0.15, 0.2) is 29.8 Å². The van der Waals surface area contributed by atoms with Gasteiger partial charge in [0.05, 0.1) is 6.61 Å². The van der Waals surface area contributed by atoms with Gasteiger partial charge in [-0.05, 0) is 49.8 Å². The summed E-state index contributed by atoms with van der Waals surface area (Å²) in [5.74, 6) is 1.85. The minimum atomic E-state index is 0.262. The van der Waals surface area contributed by atoms with E-state index in [-0.39, 0.29) is 5.78 Å². The molecule has 2 nitrogen and oxygen atoms in total. The van der Waals surface area contributed by atoms with Gasteiger partial charge < -0.3 is 4.74 Å². The van der Waals surface area contributed by atoms with Crippen LogP contribution in [0.2, 0.25) is 0 Å². The van der Waals surface area contributed by atoms with Gasteiger partial charge in [0.2, 0.25) is 0 Å². The van der Waals surface area contributed by atoms with Crippen LogP contribution in [0.3, 0.4) is 0 Å². The quantitative estimate of drug-likeness (QED) is 0.683. The van der Waals surface area contributed by atoms with E-state index in [4.69, 9.17) is 4.74 Å². The Balaban J connectivity index is 2.25. The predicted molar refractivity (Wildman–Crippen MR) is 78.2 cm³/mol. The highest BCUT2D eigenvalue weighted by Crippen LogP contribution is 2.36. The average Bonchev–Trinajstić information content (AvgIpc) is 3.23. The zero-order valence-electron chi connectivity index (χ0n) is 11.8. The highest BCUT2D eigenvalue weighted by Gasteiger charge is 2.24. The predicted octanol–water partition coefficient (Wildman–Crippen LogP) is 4.25. The normalized spacial score (nSPS) is 15.4. The second-order valence-electron chi connectivity index (χ2n) is 5.06. The molecule has 0 spiro atoms. The first-order chi connectivity index (χ1) is 9.24. The number of ketones is 1. The molecule has 0 heterocycles. The number of Topliss-reactive ketones (excluding diaryl/α,β-unsaturated/α-hetero) is 1. The summed E-state index contributed by atoms with van der Waals surface area (Å²) in [6.45, 7) is 4.55. The van der Waals surface area contributed by atoms with Gasteiger partial charge in [-0.3, -0.25) is 4.79 Å². The molecule has 102 valence electrons. The van der Waals surface area contributed by atoms with Crippen LogP contribution in [-0.4, -0.2) is 12.4 Å². The molecule has 2 rings (SSSR count). The van der Waals surface area contributed by atoms with Crippen LogP contribution >= 0.6 is 0 Å². The van der Waals surface area contributed by atoms with Crippen molar-refractivity contribution in [1.82, 2.24) is 0 Å². The Bertz CT molecular complexity index is 470. The molecule has 2 heteroatoms. The van der Waals surface area contributed by atoms with Gasteiger partial charge in [0.1, 0.15) is 5.75 Å². The van der Waals surface area contributed by atoms with E-state index in [0.717, 1.165) is 29.2 Å². The van der Waals surface area contributed by atoms with Crippen molar-refractivity contribution in [1.29, 1.82) is 0 Å². The first-order valence-corrected chi connectivity index (χ1v) is 7.20. The first kappa shape index (κ1) is 13.9. The van der Waals surface area contributed by atoms with E-state index in [0.29, 0.717) is 13.0 Å². The summed E-state index contributed by atoms with van der Waals surface area (Å²) >= 11 is 0. The molecule has 1 aliphatic carbocycles. The van der Waals surface area contributed by atoms with Crippen molar-refractivity contribution in [3.8, 4) is 5.75 Å². The smallest absolute Gasteiger partial charge is 0.158 e. The molecule has 19 heavy (non-hydrogen) atoms. The topological polar surface area (TPSA) is 26.3 Å². The lowest BCUT2D eigenvalue weighted by atomic mass is 9.99. The molecule has 1 aromatic carbocycles. The summed E-state index contributed by atoms with van der Waals surface area (Å²) in [6, 6.07) is 7.92. The molecule has 1 aliphatic rings. The summed E-state index contributed by atoms with van der Waals surface area (Å²) in [6.07, 6.45) is 6.06. The number of rotatable bonds is 7. The molecule has 0 radical (unpaired) electrons. The lowest BCUT2D eigenvalue weighted by molar-refractivity contribution is -0.115. The Morgan fingerprint density at radius 2 is 2.05 bits per heavy atom. The number of hydrogen-bond donors (Lipinski definition) is 0. The van der Waals surface area contributed by atoms with Crippen LogP contribution in [0, 0.1) is 5.92 Å². The number of carbonyl (C=O) groups is 1. The number of allylic oxidation sites excluding steroid dienone is 1. The van der Waals surface area contributed by atoms with Crippen molar-refractivity contribution in [2.45, 2.75) is 39.5 Å². The summed E-state index contributed by atoms with van der Waals surface area (Å²) in [5.41, 5.74) is 1.97. The maximum absolute atomic E-state index is 12.0. The second-order valence-corrected chi connectivity index (χ2v) is 5.06. The van der Waals surface area contributed by atoms with Crippen LogP contribution in [0.25, 0.3) is 6.08 Å². The summed E-state index contributed by atoms with van der Waals surface area (Å²) < 4.78 is 5.62. The van der Waals surface area contributed by atoms with Crippen molar-refractivity contribution in [3.63, 3.8) is 0 Å². The lowest BCUT2D eigenvalue weighted by Gasteiger charge is -2.09. The maximum Gasteiger partial charge on any atom is 0.158 e. The summed E-state index contributed by atoms with van der Waals surface area (Å²) in [5, 5.41) is 0. The SMILES string of the molecule is CCOc1ccccc1/C=C(/CC1CC1)C(=O)CC. The molecule has 0 amide bonds. The molecule has 1 saturated carbocycles. The fourth-order valence-corrected chi connectivity index (χ4v) is 2.19. The van der Waals surface area contributed by atoms with Crippen molar-refractivity contribution < 1.29 is 9.53 Å². The van der Waals surface area contributed by atoms with E-state index in [9.17, 15) is 4.79 Å². The van der Waals surface area contributed by atoms with Crippen LogP contribution in [0.5, 0.6) is 5.75 Å². The summed E-state index contributed by atoms with van der Waals surface area (Å²) in [4.78, 5) is 12.0. The molecular formula is C17H22O2. The fourth-order valence-electron chi connectivity index (χ4n) is 2.19. The molecule has 0 aromatic heterocycles. The van der Waals surface area contributed by atoms with Crippen molar-refractivity contribution in [2.75, 3.05) is 6.61 Å². The number of hydrogen-bond acceptors (Lipinski definition) is 2. The van der Waals surface area contributed by atoms with E-state index in [1.807, 2.05) is 44.2 Å². The highest BCUT2D eigenvalue weighted by atomic mass is 16.5. The van der Waals surface area contributed by atoms with E-state index < -0.39 is 0 Å². The molecule has 1 fully saturated rings. The second kappa shape index (κ2) is 6.55. The Labute approximate surface area is 115 Å². The zero-order chi connectivity index (χ0) is 13.7. The van der Waals surface area contributed by atoms with Gasteiger partial charge in [0.25, 0.3) is 0 Å². The molecule has 0 bridgehead atoms. The third-order valence-corrected chi connectivity index (χ3v) is 3.43. The molecule has 0 atom stereocenters. The van der Waals surface area contributed by atoms with Gasteiger partial charge in [-0.1, -0.05) is 25.1 Å². The Morgan fingerprint density at radius 1 is 1.32 bits per heavy atom. The van der Waals surface area contributed by atoms with Crippen LogP contribution in [0.4, 0.5) is 0 Å². The third-order valence-electron chi connectivity index (χ3n) is 3.43. The fraction of sp³-hybridized carbons (Fsp3) is 0.471. The van der Waals surface area contributed by atoms with Crippen molar-refractivity contribution in [2.24, 2.45) is 5.92 Å². The molecule has 0 aliphatic heterocycles. The van der Waals surface area contributed by atoms with Gasteiger partial charge in [0.15, 0.2) is 5.78 Å². The number of benzene rings is 1. The molecule has 0 N–H and O–H groups in total. The van der Waals surface area contributed by atoms with Crippen molar-refractivity contribution in [3.05, 3.63) is 35.4 Å². The van der Waals surface area contributed by atoms with Gasteiger partial charge in [-0.2, -0.15) is 0 Å². The van der Waals surface area contributed by atoms with Gasteiger partial charge >= 0.3 is 0 Å². The summed E-state index contributed by atoms with van der Waals surface area (Å²) in [7, 11) is 0. The largest absolute Gasteiger partial charge is 0.493 e. The molecular weight excluding hydrogens is 236 g/mol. The first-order valence-electron chi connectivity index (χ1n) is 7.20. The number of carbonyl (C=O) groups excluding carboxylic acids is 1. The molecule has 0 saturated heterocycles. The van der Waals surface area contributed by atoms with E-state index in [1.165, 1.54) is 12.8 Å². The molecule has 0 unspecified atom stereocenters. The van der Waals surface area contributed by atoms with Crippen molar-refractivity contribution >= 4 is 11.9 Å². The minimum Gasteiger partial charge on any atom is -0.493 e. The minimum absolute atomic E-state index is 0.262. The van der Waals surface area contributed by atoms with Crippen LogP contribution in [0.1, 0.15) is 45.1 Å². The van der Waals surface area contributed by atoms with Gasteiger partial charge in [-0.25, -0.2) is 0 Å². The van der Waals surface area contributed by atoms with E-state index in [2.05, 4.69) is 0 Å². The number of para-hydroxylation sites is 1. The Hall–Kier alpha value is -1.57. The third kappa shape index (κ3) is 3.95. The standard InChI is InChI=1S/C17H22O2/c1-3-16(18)15(11-13-9-10-13)12-14-7-5-6-8-17(14)19-4-2/h5-8,12-13H,3-4,9-11H2,1-2H3/b15-12-. The van der Waals surface area contributed by atoms with Gasteiger partial charge in [-0.15, -0.1) is 0 Å². The van der Waals surface area contributed by atoms with E-state index in [1.54, 1.807) is 0 Å². The van der Waals surface area contributed by atoms with E-state index >= 15 is 0 Å². The molecule has 1 aromatic rings. The lowest BCUT2D eigenvalue weighted by Crippen LogP contribution is -2.02. The zero-order valence-corrected chi connectivity index (χ0v) is 11.8.